The Morgan fingerprint density at radius 3 is 2.00 bits per heavy atom. The van der Waals surface area contributed by atoms with E-state index in [9.17, 15) is 4.79 Å². The zero-order valence-electron chi connectivity index (χ0n) is 8.48. The molecule has 0 radical (unpaired) electrons. The molecular weight excluding hydrogens is 150 g/mol. The first-order chi connectivity index (χ1) is 5.45. The van der Waals surface area contributed by atoms with E-state index in [0.29, 0.717) is 12.3 Å². The lowest BCUT2D eigenvalue weighted by atomic mass is 9.94. The molecule has 0 fully saturated rings. The fourth-order valence-corrected chi connectivity index (χ4v) is 1.37. The van der Waals surface area contributed by atoms with Gasteiger partial charge in [0.2, 0.25) is 5.91 Å². The molecule has 0 unspecified atom stereocenters. The molecular formula is C10H19NO. The zero-order chi connectivity index (χ0) is 9.72. The molecule has 0 heterocycles. The van der Waals surface area contributed by atoms with Gasteiger partial charge in [-0.25, -0.2) is 0 Å². The number of rotatable bonds is 4. The summed E-state index contributed by atoms with van der Waals surface area (Å²) < 4.78 is 0. The van der Waals surface area contributed by atoms with Gasteiger partial charge in [-0.15, -0.1) is 0 Å². The average Bonchev–Trinajstić information content (AvgIpc) is 1.84. The Hall–Kier alpha value is -0.790. The topological polar surface area (TPSA) is 43.1 Å². The SMILES string of the molecule is CC(C)=C(CCC(N)=O)C(C)C. The van der Waals surface area contributed by atoms with E-state index in [4.69, 9.17) is 5.73 Å². The van der Waals surface area contributed by atoms with Gasteiger partial charge in [-0.2, -0.15) is 0 Å². The maximum absolute atomic E-state index is 10.5. The van der Waals surface area contributed by atoms with E-state index in [1.54, 1.807) is 0 Å². The Labute approximate surface area is 74.8 Å². The molecule has 0 spiro atoms. The lowest BCUT2D eigenvalue weighted by Crippen LogP contribution is -2.11. The minimum Gasteiger partial charge on any atom is -0.370 e. The van der Waals surface area contributed by atoms with Crippen LogP contribution in [0.4, 0.5) is 0 Å². The quantitative estimate of drug-likeness (QED) is 0.644. The summed E-state index contributed by atoms with van der Waals surface area (Å²) in [7, 11) is 0. The van der Waals surface area contributed by atoms with Gasteiger partial charge in [0.25, 0.3) is 0 Å². The molecule has 0 rings (SSSR count). The lowest BCUT2D eigenvalue weighted by Gasteiger charge is -2.12. The lowest BCUT2D eigenvalue weighted by molar-refractivity contribution is -0.118. The second kappa shape index (κ2) is 4.96. The molecule has 12 heavy (non-hydrogen) atoms. The van der Waals surface area contributed by atoms with Crippen LogP contribution in [0.15, 0.2) is 11.1 Å². The summed E-state index contributed by atoms with van der Waals surface area (Å²) in [6.45, 7) is 8.44. The summed E-state index contributed by atoms with van der Waals surface area (Å²) in [4.78, 5) is 10.5. The highest BCUT2D eigenvalue weighted by Crippen LogP contribution is 2.19. The van der Waals surface area contributed by atoms with Crippen LogP contribution >= 0.6 is 0 Å². The van der Waals surface area contributed by atoms with E-state index in [-0.39, 0.29) is 5.91 Å². The predicted molar refractivity (Wildman–Crippen MR) is 51.6 cm³/mol. The van der Waals surface area contributed by atoms with Gasteiger partial charge in [-0.3, -0.25) is 4.79 Å². The fraction of sp³-hybridized carbons (Fsp3) is 0.700. The normalized spacial score (nSPS) is 10.1. The third-order valence-corrected chi connectivity index (χ3v) is 1.98. The predicted octanol–water partition coefficient (Wildman–Crippen LogP) is 2.24. The summed E-state index contributed by atoms with van der Waals surface area (Å²) >= 11 is 0. The summed E-state index contributed by atoms with van der Waals surface area (Å²) in [5.41, 5.74) is 7.75. The highest BCUT2D eigenvalue weighted by molar-refractivity contribution is 5.74. The van der Waals surface area contributed by atoms with Crippen LogP contribution in [-0.2, 0) is 4.79 Å². The molecule has 2 N–H and O–H groups in total. The van der Waals surface area contributed by atoms with E-state index in [0.717, 1.165) is 6.42 Å². The van der Waals surface area contributed by atoms with E-state index in [2.05, 4.69) is 27.7 Å². The zero-order valence-corrected chi connectivity index (χ0v) is 8.48. The third kappa shape index (κ3) is 4.16. The molecule has 1 amide bonds. The van der Waals surface area contributed by atoms with Crippen molar-refractivity contribution < 1.29 is 4.79 Å². The van der Waals surface area contributed by atoms with Crippen LogP contribution in [0.25, 0.3) is 0 Å². The van der Waals surface area contributed by atoms with Gasteiger partial charge in [0.05, 0.1) is 0 Å². The largest absolute Gasteiger partial charge is 0.370 e. The molecule has 0 bridgehead atoms. The van der Waals surface area contributed by atoms with Gasteiger partial charge < -0.3 is 5.73 Å². The standard InChI is InChI=1S/C10H19NO/c1-7(2)9(8(3)4)5-6-10(11)12/h7H,5-6H2,1-4H3,(H2,11,12). The van der Waals surface area contributed by atoms with Crippen molar-refractivity contribution in [2.24, 2.45) is 11.7 Å². The van der Waals surface area contributed by atoms with Crippen LogP contribution < -0.4 is 5.73 Å². The maximum atomic E-state index is 10.5. The van der Waals surface area contributed by atoms with Crippen LogP contribution in [-0.4, -0.2) is 5.91 Å². The molecule has 0 saturated carbocycles. The van der Waals surface area contributed by atoms with Crippen LogP contribution in [0.2, 0.25) is 0 Å². The van der Waals surface area contributed by atoms with E-state index in [1.807, 2.05) is 0 Å². The van der Waals surface area contributed by atoms with Gasteiger partial charge in [0, 0.05) is 6.42 Å². The molecule has 0 aliphatic rings. The summed E-state index contributed by atoms with van der Waals surface area (Å²) in [6.07, 6.45) is 1.29. The van der Waals surface area contributed by atoms with Crippen molar-refractivity contribution in [1.82, 2.24) is 0 Å². The second-order valence-electron chi connectivity index (χ2n) is 3.65. The molecule has 0 aliphatic heterocycles. The number of hydrogen-bond acceptors (Lipinski definition) is 1. The number of hydrogen-bond donors (Lipinski definition) is 1. The number of amides is 1. The number of allylic oxidation sites excluding steroid dienone is 2. The van der Waals surface area contributed by atoms with Crippen molar-refractivity contribution >= 4 is 5.91 Å². The number of primary amides is 1. The van der Waals surface area contributed by atoms with E-state index >= 15 is 0 Å². The molecule has 0 aromatic heterocycles. The number of nitrogens with two attached hydrogens (primary N) is 1. The monoisotopic (exact) mass is 169 g/mol. The van der Waals surface area contributed by atoms with Crippen LogP contribution in [0, 0.1) is 5.92 Å². The first kappa shape index (κ1) is 11.2. The Kier molecular flexibility index (Phi) is 4.64. The molecule has 0 aromatic carbocycles. The first-order valence-corrected chi connectivity index (χ1v) is 4.39. The minimum absolute atomic E-state index is 0.214. The number of carbonyl (C=O) groups is 1. The van der Waals surface area contributed by atoms with Gasteiger partial charge in [0.15, 0.2) is 0 Å². The highest BCUT2D eigenvalue weighted by Gasteiger charge is 2.06. The minimum atomic E-state index is -0.214. The molecule has 70 valence electrons. The molecule has 2 nitrogen and oxygen atoms in total. The van der Waals surface area contributed by atoms with Gasteiger partial charge in [0.1, 0.15) is 0 Å². The molecule has 2 heteroatoms. The van der Waals surface area contributed by atoms with Crippen LogP contribution in [0.1, 0.15) is 40.5 Å². The Balaban J connectivity index is 4.18. The van der Waals surface area contributed by atoms with Crippen molar-refractivity contribution in [3.05, 3.63) is 11.1 Å². The Morgan fingerprint density at radius 2 is 1.75 bits per heavy atom. The van der Waals surface area contributed by atoms with Gasteiger partial charge in [-0.1, -0.05) is 25.0 Å². The highest BCUT2D eigenvalue weighted by atomic mass is 16.1. The van der Waals surface area contributed by atoms with Gasteiger partial charge >= 0.3 is 0 Å². The summed E-state index contributed by atoms with van der Waals surface area (Å²) in [5.74, 6) is 0.309. The van der Waals surface area contributed by atoms with Crippen LogP contribution in [0.5, 0.6) is 0 Å². The van der Waals surface area contributed by atoms with Gasteiger partial charge in [-0.05, 0) is 26.2 Å². The smallest absolute Gasteiger partial charge is 0.217 e. The fourth-order valence-electron chi connectivity index (χ4n) is 1.37. The van der Waals surface area contributed by atoms with Crippen LogP contribution in [0.3, 0.4) is 0 Å². The number of carbonyl (C=O) groups excluding carboxylic acids is 1. The van der Waals surface area contributed by atoms with Crippen molar-refractivity contribution in [1.29, 1.82) is 0 Å². The average molecular weight is 169 g/mol. The maximum Gasteiger partial charge on any atom is 0.217 e. The van der Waals surface area contributed by atoms with Crippen molar-refractivity contribution in [3.63, 3.8) is 0 Å². The first-order valence-electron chi connectivity index (χ1n) is 4.39. The summed E-state index contributed by atoms with van der Waals surface area (Å²) in [6, 6.07) is 0. The molecule has 0 aliphatic carbocycles. The third-order valence-electron chi connectivity index (χ3n) is 1.98. The second-order valence-corrected chi connectivity index (χ2v) is 3.65. The Bertz CT molecular complexity index is 188. The van der Waals surface area contributed by atoms with E-state index in [1.165, 1.54) is 11.1 Å². The molecule has 0 atom stereocenters. The summed E-state index contributed by atoms with van der Waals surface area (Å²) in [5, 5.41) is 0. The van der Waals surface area contributed by atoms with E-state index < -0.39 is 0 Å². The van der Waals surface area contributed by atoms with Crippen molar-refractivity contribution in [2.45, 2.75) is 40.5 Å². The van der Waals surface area contributed by atoms with Crippen molar-refractivity contribution in [2.75, 3.05) is 0 Å². The Morgan fingerprint density at radius 1 is 1.25 bits per heavy atom. The molecule has 0 aromatic rings. The van der Waals surface area contributed by atoms with Crippen molar-refractivity contribution in [3.8, 4) is 0 Å². The molecule has 0 saturated heterocycles.